The van der Waals surface area contributed by atoms with Crippen molar-refractivity contribution in [3.8, 4) is 0 Å². The molecule has 0 aromatic heterocycles. The molecular weight excluding hydrogens is 1410 g/mol. The van der Waals surface area contributed by atoms with Gasteiger partial charge in [0, 0.05) is 20.2 Å². The fourth-order valence-corrected chi connectivity index (χ4v) is 13.7. The molecule has 19 nitrogen and oxygen atoms in total. The number of hydrogen-bond donors (Lipinski definition) is 13. The van der Waals surface area contributed by atoms with Crippen molar-refractivity contribution in [3.05, 3.63) is 43.7 Å². The summed E-state index contributed by atoms with van der Waals surface area (Å²) in [5.74, 6) is -3.15. The van der Waals surface area contributed by atoms with Gasteiger partial charge in [-0.15, -0.1) is 0 Å². The first-order chi connectivity index (χ1) is 26.0. The third kappa shape index (κ3) is 12.8. The monoisotopic (exact) mass is 1450 g/mol. The number of aliphatic hydroxyl groups excluding tert-OH is 8. The topological polar surface area (TPSA) is 311 Å². The van der Waals surface area contributed by atoms with Gasteiger partial charge in [0.1, 0.15) is 0 Å². The molecule has 0 heterocycles. The molecule has 2 aromatic rings. The highest BCUT2D eigenvalue weighted by Crippen LogP contribution is 2.40. The van der Waals surface area contributed by atoms with E-state index in [-0.39, 0.29) is 68.1 Å². The molecule has 306 valence electrons. The van der Waals surface area contributed by atoms with E-state index >= 15 is 0 Å². The van der Waals surface area contributed by atoms with E-state index < -0.39 is 101 Å². The van der Waals surface area contributed by atoms with Gasteiger partial charge in [0.25, 0.3) is 23.6 Å². The Kier molecular flexibility index (Phi) is 22.8. The number of aliphatic hydroxyl groups is 8. The number of urea groups is 1. The number of nitrogens with one attached hydrogen (secondary N) is 5. The number of benzene rings is 2. The molecule has 13 N–H and O–H groups in total. The first-order valence-corrected chi connectivity index (χ1v) is 22.1. The Morgan fingerprint density at radius 3 is 1.25 bits per heavy atom. The second-order valence-electron chi connectivity index (χ2n) is 11.0. The SMILES string of the molecule is O=C(NCCO)c1c(I)c(NC(=O)N(CC(O)CO)c2c(I)c(C(=O)NCCO)c(I)c(C(=O)NC(CO)CO)c2I)c(I)c(C(=O)NC(CO)CO)c1I. The van der Waals surface area contributed by atoms with Crippen LogP contribution >= 0.6 is 136 Å². The molecule has 0 radical (unpaired) electrons. The van der Waals surface area contributed by atoms with Crippen molar-refractivity contribution in [2.24, 2.45) is 0 Å². The largest absolute Gasteiger partial charge is 0.395 e. The molecule has 55 heavy (non-hydrogen) atoms. The van der Waals surface area contributed by atoms with Crippen LogP contribution in [0.15, 0.2) is 0 Å². The zero-order valence-electron chi connectivity index (χ0n) is 28.1. The van der Waals surface area contributed by atoms with Crippen molar-refractivity contribution in [2.75, 3.05) is 76.1 Å². The van der Waals surface area contributed by atoms with E-state index in [9.17, 15) is 64.8 Å². The van der Waals surface area contributed by atoms with Crippen molar-refractivity contribution < 1.29 is 64.8 Å². The maximum atomic E-state index is 14.6. The number of hydrogen-bond acceptors (Lipinski definition) is 13. The van der Waals surface area contributed by atoms with Crippen LogP contribution in [0.3, 0.4) is 0 Å². The smallest absolute Gasteiger partial charge is 0.326 e. The van der Waals surface area contributed by atoms with Crippen LogP contribution in [0.25, 0.3) is 0 Å². The number of rotatable bonds is 19. The Bertz CT molecular complexity index is 1750. The fraction of sp³-hybridized carbons (Fsp3) is 0.433. The van der Waals surface area contributed by atoms with Crippen molar-refractivity contribution in [1.29, 1.82) is 0 Å². The summed E-state index contributed by atoms with van der Waals surface area (Å²) in [6, 6.07) is -3.21. The maximum absolute atomic E-state index is 14.6. The van der Waals surface area contributed by atoms with E-state index in [0.717, 1.165) is 4.90 Å². The number of anilines is 2. The normalized spacial score (nSPS) is 11.7. The Labute approximate surface area is 395 Å². The van der Waals surface area contributed by atoms with Crippen molar-refractivity contribution >= 4 is 177 Å². The van der Waals surface area contributed by atoms with Gasteiger partial charge >= 0.3 is 6.03 Å². The summed E-state index contributed by atoms with van der Waals surface area (Å²) in [6.45, 7) is -5.15. The summed E-state index contributed by atoms with van der Waals surface area (Å²) in [5.41, 5.74) is -0.650. The Morgan fingerprint density at radius 1 is 0.527 bits per heavy atom. The first kappa shape index (κ1) is 50.8. The highest BCUT2D eigenvalue weighted by Gasteiger charge is 2.35. The zero-order valence-corrected chi connectivity index (χ0v) is 41.1. The predicted octanol–water partition coefficient (Wildman–Crippen LogP) is -0.684. The molecule has 2 rings (SSSR count). The van der Waals surface area contributed by atoms with Crippen LogP contribution in [0.5, 0.6) is 0 Å². The number of carbonyl (C=O) groups is 5. The van der Waals surface area contributed by atoms with Gasteiger partial charge in [-0.25, -0.2) is 4.79 Å². The molecule has 1 unspecified atom stereocenters. The van der Waals surface area contributed by atoms with E-state index in [0.29, 0.717) is 0 Å². The Balaban J connectivity index is 3.01. The van der Waals surface area contributed by atoms with E-state index in [1.165, 1.54) is 0 Å². The summed E-state index contributed by atoms with van der Waals surface area (Å²) < 4.78 is 0.608. The summed E-state index contributed by atoms with van der Waals surface area (Å²) in [6.07, 6.45) is -1.58. The van der Waals surface area contributed by atoms with Crippen LogP contribution in [-0.2, 0) is 0 Å². The Hall–Kier alpha value is -0.350. The molecule has 1 atom stereocenters. The molecule has 0 fully saturated rings. The summed E-state index contributed by atoms with van der Waals surface area (Å²) in [4.78, 5) is 69.7. The highest BCUT2D eigenvalue weighted by molar-refractivity contribution is 14.1. The Morgan fingerprint density at radius 2 is 0.891 bits per heavy atom. The molecule has 2 aromatic carbocycles. The van der Waals surface area contributed by atoms with Crippen molar-refractivity contribution in [3.63, 3.8) is 0 Å². The van der Waals surface area contributed by atoms with Crippen molar-refractivity contribution in [1.82, 2.24) is 21.3 Å². The lowest BCUT2D eigenvalue weighted by Gasteiger charge is -2.30. The second kappa shape index (κ2) is 24.7. The predicted molar refractivity (Wildman–Crippen MR) is 248 cm³/mol. The number of amides is 6. The number of halogens is 6. The van der Waals surface area contributed by atoms with Crippen molar-refractivity contribution in [2.45, 2.75) is 18.2 Å². The van der Waals surface area contributed by atoms with Crippen LogP contribution < -0.4 is 31.5 Å². The van der Waals surface area contributed by atoms with Gasteiger partial charge in [-0.05, 0) is 136 Å². The highest BCUT2D eigenvalue weighted by atomic mass is 127. The second-order valence-corrected chi connectivity index (χ2v) is 17.5. The molecule has 0 spiro atoms. The molecule has 0 aliphatic rings. The lowest BCUT2D eigenvalue weighted by Crippen LogP contribution is -2.45. The summed E-state index contributed by atoms with van der Waals surface area (Å²) >= 11 is 10.6. The van der Waals surface area contributed by atoms with Crippen LogP contribution in [0.1, 0.15) is 41.4 Å². The minimum Gasteiger partial charge on any atom is -0.395 e. The molecule has 25 heteroatoms. The summed E-state index contributed by atoms with van der Waals surface area (Å²) in [5, 5.41) is 90.4. The standard InChI is InChI=1S/C30H36I6N6O13/c31-18-14(26(51)37-1-3-43)20(33)24(21(34)15(18)28(53)39-11(6-45)7-46)41-30(55)42(5-13(50)10-49)25-22(35)16(27(52)38-2-4-44)19(32)17(23(25)36)29(54)40-12(8-47)9-48/h11-13,43-50H,1-10H2,(H,37,51)(H,38,52)(H,39,53)(H,40,54)(H,41,55). The van der Waals surface area contributed by atoms with E-state index in [4.69, 9.17) is 0 Å². The van der Waals surface area contributed by atoms with Gasteiger partial charge in [0.15, 0.2) is 0 Å². The number of nitrogens with zero attached hydrogens (tertiary/aromatic N) is 1. The van der Waals surface area contributed by atoms with Gasteiger partial charge in [-0.1, -0.05) is 0 Å². The van der Waals surface area contributed by atoms with Crippen LogP contribution in [0.4, 0.5) is 16.2 Å². The zero-order chi connectivity index (χ0) is 41.7. The fourth-order valence-electron chi connectivity index (χ4n) is 4.51. The lowest BCUT2D eigenvalue weighted by atomic mass is 10.1. The average Bonchev–Trinajstić information content (AvgIpc) is 3.15. The lowest BCUT2D eigenvalue weighted by molar-refractivity contribution is 0.0871. The minimum absolute atomic E-state index is 0.0627. The van der Waals surface area contributed by atoms with Gasteiger partial charge in [-0.3, -0.25) is 24.1 Å². The van der Waals surface area contributed by atoms with E-state index in [2.05, 4.69) is 26.6 Å². The summed E-state index contributed by atoms with van der Waals surface area (Å²) in [7, 11) is 0. The molecule has 0 aliphatic carbocycles. The molecule has 0 saturated heterocycles. The van der Waals surface area contributed by atoms with Gasteiger partial charge < -0.3 is 67.4 Å². The first-order valence-electron chi connectivity index (χ1n) is 15.6. The van der Waals surface area contributed by atoms with Gasteiger partial charge in [-0.2, -0.15) is 0 Å². The van der Waals surface area contributed by atoms with Crippen LogP contribution in [0.2, 0.25) is 0 Å². The molecule has 0 aliphatic heterocycles. The van der Waals surface area contributed by atoms with E-state index in [1.807, 2.05) is 0 Å². The van der Waals surface area contributed by atoms with E-state index in [1.54, 1.807) is 136 Å². The maximum Gasteiger partial charge on any atom is 0.326 e. The average molecular weight is 1450 g/mol. The van der Waals surface area contributed by atoms with Gasteiger partial charge in [0.05, 0.1) is 119 Å². The van der Waals surface area contributed by atoms with Crippen LogP contribution in [0, 0.1) is 21.4 Å². The quantitative estimate of drug-likeness (QED) is 0.0777. The molecule has 6 amide bonds. The molecular formula is C30H36I6N6O13. The molecule has 0 saturated carbocycles. The number of carbonyl (C=O) groups excluding carboxylic acids is 5. The minimum atomic E-state index is -1.58. The third-order valence-corrected chi connectivity index (χ3v) is 13.6. The van der Waals surface area contributed by atoms with Gasteiger partial charge in [0.2, 0.25) is 0 Å². The van der Waals surface area contributed by atoms with Crippen LogP contribution in [-0.4, -0.2) is 155 Å². The molecule has 0 bridgehead atoms. The third-order valence-electron chi connectivity index (χ3n) is 7.22.